The summed E-state index contributed by atoms with van der Waals surface area (Å²) in [5.74, 6) is -2.29. The van der Waals surface area contributed by atoms with Crippen LogP contribution in [0.4, 0.5) is 0 Å². The van der Waals surface area contributed by atoms with Crippen molar-refractivity contribution >= 4 is 17.8 Å². The monoisotopic (exact) mass is 388 g/mol. The van der Waals surface area contributed by atoms with E-state index in [9.17, 15) is 14.4 Å². The van der Waals surface area contributed by atoms with E-state index in [1.807, 2.05) is 26.0 Å². The minimum Gasteiger partial charge on any atom is -0.464 e. The molecule has 0 aliphatic carbocycles. The third-order valence-corrected chi connectivity index (χ3v) is 4.29. The van der Waals surface area contributed by atoms with Crippen molar-refractivity contribution in [1.82, 2.24) is 5.32 Å². The number of nitriles is 1. The number of nitrogens with zero attached hydrogens (tertiary/aromatic N) is 1. The molecule has 0 saturated heterocycles. The molecule has 0 radical (unpaired) electrons. The highest BCUT2D eigenvalue weighted by Gasteiger charge is 2.50. The highest BCUT2D eigenvalue weighted by Crippen LogP contribution is 2.26. The summed E-state index contributed by atoms with van der Waals surface area (Å²) in [6, 6.07) is 5.95. The maximum absolute atomic E-state index is 12.8. The predicted octanol–water partition coefficient (Wildman–Crippen LogP) is 2.30. The van der Waals surface area contributed by atoms with E-state index in [4.69, 9.17) is 14.7 Å². The summed E-state index contributed by atoms with van der Waals surface area (Å²) in [5, 5.41) is 11.5. The first-order chi connectivity index (χ1) is 13.2. The first-order valence-electron chi connectivity index (χ1n) is 9.30. The Balaban J connectivity index is 3.59. The zero-order valence-corrected chi connectivity index (χ0v) is 17.2. The van der Waals surface area contributed by atoms with Crippen molar-refractivity contribution in [3.05, 3.63) is 34.4 Å². The second-order valence-corrected chi connectivity index (χ2v) is 6.58. The van der Waals surface area contributed by atoms with Crippen LogP contribution in [0.5, 0.6) is 0 Å². The van der Waals surface area contributed by atoms with Gasteiger partial charge < -0.3 is 14.8 Å². The van der Waals surface area contributed by atoms with Gasteiger partial charge in [0.2, 0.25) is 11.4 Å². The minimum absolute atomic E-state index is 0.0493. The number of esters is 2. The molecule has 1 N–H and O–H groups in total. The number of carbonyl (C=O) groups excluding carboxylic acids is 3. The lowest BCUT2D eigenvalue weighted by molar-refractivity contribution is -0.168. The molecule has 0 atom stereocenters. The number of hydrogen-bond donors (Lipinski definition) is 1. The lowest BCUT2D eigenvalue weighted by Gasteiger charge is -2.31. The number of ether oxygens (including phenoxy) is 2. The van der Waals surface area contributed by atoms with Gasteiger partial charge in [-0.2, -0.15) is 5.26 Å². The van der Waals surface area contributed by atoms with Gasteiger partial charge >= 0.3 is 11.9 Å². The molecule has 7 heteroatoms. The molecule has 0 aliphatic rings. The molecule has 0 saturated carbocycles. The van der Waals surface area contributed by atoms with Crippen LogP contribution >= 0.6 is 0 Å². The van der Waals surface area contributed by atoms with E-state index in [1.165, 1.54) is 6.92 Å². The van der Waals surface area contributed by atoms with Crippen molar-refractivity contribution in [2.45, 2.75) is 59.4 Å². The molecule has 0 heterocycles. The van der Waals surface area contributed by atoms with Gasteiger partial charge in [-0.1, -0.05) is 17.7 Å². The van der Waals surface area contributed by atoms with E-state index < -0.39 is 23.4 Å². The summed E-state index contributed by atoms with van der Waals surface area (Å²) in [4.78, 5) is 37.5. The molecule has 0 unspecified atom stereocenters. The van der Waals surface area contributed by atoms with Crippen molar-refractivity contribution in [2.24, 2.45) is 0 Å². The molecule has 1 aromatic carbocycles. The van der Waals surface area contributed by atoms with Gasteiger partial charge in [0.05, 0.1) is 19.3 Å². The minimum atomic E-state index is -1.99. The molecular formula is C21H28N2O5. The van der Waals surface area contributed by atoms with E-state index in [-0.39, 0.29) is 19.6 Å². The standard InChI is InChI=1S/C21H28N2O5/c1-6-27-19(25)21(23-16(5)24,20(26)28-7-2)13-17-12-14(3)11-15(4)18(17)9-8-10-22/h11-12H,6-9,13H2,1-5H3,(H,23,24). The smallest absolute Gasteiger partial charge is 0.344 e. The van der Waals surface area contributed by atoms with E-state index in [0.717, 1.165) is 16.7 Å². The number of aryl methyl sites for hydroxylation is 2. The third kappa shape index (κ3) is 5.56. The second-order valence-electron chi connectivity index (χ2n) is 6.58. The fourth-order valence-electron chi connectivity index (χ4n) is 3.25. The van der Waals surface area contributed by atoms with E-state index in [1.54, 1.807) is 13.8 Å². The third-order valence-electron chi connectivity index (χ3n) is 4.29. The summed E-state index contributed by atoms with van der Waals surface area (Å²) in [6.07, 6.45) is 0.649. The van der Waals surface area contributed by atoms with Gasteiger partial charge in [-0.15, -0.1) is 0 Å². The lowest BCUT2D eigenvalue weighted by Crippen LogP contribution is -2.62. The number of rotatable bonds is 9. The molecule has 0 spiro atoms. The number of amides is 1. The van der Waals surface area contributed by atoms with Gasteiger partial charge in [-0.05, 0) is 50.8 Å². The van der Waals surface area contributed by atoms with Gasteiger partial charge in [0.25, 0.3) is 0 Å². The molecule has 1 aromatic rings. The Morgan fingerprint density at radius 1 is 1.11 bits per heavy atom. The van der Waals surface area contributed by atoms with Crippen LogP contribution in [0.1, 0.15) is 49.4 Å². The fourth-order valence-corrected chi connectivity index (χ4v) is 3.25. The van der Waals surface area contributed by atoms with Crippen LogP contribution in [0, 0.1) is 25.2 Å². The maximum Gasteiger partial charge on any atom is 0.344 e. The Morgan fingerprint density at radius 3 is 2.14 bits per heavy atom. The quantitative estimate of drug-likeness (QED) is 0.514. The summed E-state index contributed by atoms with van der Waals surface area (Å²) in [6.45, 7) is 8.39. The second kappa shape index (κ2) is 10.5. The van der Waals surface area contributed by atoms with Crippen LogP contribution in [0.3, 0.4) is 0 Å². The molecule has 0 aliphatic heterocycles. The molecule has 1 amide bonds. The zero-order valence-electron chi connectivity index (χ0n) is 17.2. The molecule has 0 fully saturated rings. The Kier molecular flexibility index (Phi) is 8.65. The van der Waals surface area contributed by atoms with Crippen LogP contribution < -0.4 is 5.32 Å². The SMILES string of the molecule is CCOC(=O)C(Cc1cc(C)cc(C)c1CCC#N)(NC(C)=O)C(=O)OCC. The van der Waals surface area contributed by atoms with Gasteiger partial charge in [0.15, 0.2) is 0 Å². The molecule has 0 aromatic heterocycles. The van der Waals surface area contributed by atoms with Crippen molar-refractivity contribution in [3.63, 3.8) is 0 Å². The number of carbonyl (C=O) groups is 3. The Labute approximate surface area is 166 Å². The molecule has 1 rings (SSSR count). The average Bonchev–Trinajstić information content (AvgIpc) is 2.60. The van der Waals surface area contributed by atoms with Crippen molar-refractivity contribution in [2.75, 3.05) is 13.2 Å². The number of benzene rings is 1. The van der Waals surface area contributed by atoms with Crippen LogP contribution in [0.25, 0.3) is 0 Å². The highest BCUT2D eigenvalue weighted by atomic mass is 16.6. The number of hydrogen-bond acceptors (Lipinski definition) is 6. The molecule has 28 heavy (non-hydrogen) atoms. The largest absolute Gasteiger partial charge is 0.464 e. The summed E-state index contributed by atoms with van der Waals surface area (Å²) in [5.41, 5.74) is 1.48. The molecular weight excluding hydrogens is 360 g/mol. The van der Waals surface area contributed by atoms with E-state index >= 15 is 0 Å². The first kappa shape index (κ1) is 23.2. The molecule has 0 bridgehead atoms. The molecule has 152 valence electrons. The Bertz CT molecular complexity index is 762. The van der Waals surface area contributed by atoms with E-state index in [2.05, 4.69) is 11.4 Å². The predicted molar refractivity (Wildman–Crippen MR) is 103 cm³/mol. The van der Waals surface area contributed by atoms with E-state index in [0.29, 0.717) is 18.4 Å². The first-order valence-corrected chi connectivity index (χ1v) is 9.30. The van der Waals surface area contributed by atoms with Crippen molar-refractivity contribution in [3.8, 4) is 6.07 Å². The Morgan fingerprint density at radius 2 is 1.68 bits per heavy atom. The van der Waals surface area contributed by atoms with Crippen LogP contribution in [-0.2, 0) is 36.7 Å². The highest BCUT2D eigenvalue weighted by molar-refractivity contribution is 6.08. The van der Waals surface area contributed by atoms with Gasteiger partial charge in [-0.3, -0.25) is 4.79 Å². The van der Waals surface area contributed by atoms with Gasteiger partial charge in [0, 0.05) is 19.8 Å². The van der Waals surface area contributed by atoms with Crippen LogP contribution in [0.2, 0.25) is 0 Å². The topological polar surface area (TPSA) is 105 Å². The van der Waals surface area contributed by atoms with Crippen molar-refractivity contribution < 1.29 is 23.9 Å². The number of nitrogens with one attached hydrogen (secondary N) is 1. The zero-order chi connectivity index (χ0) is 21.3. The average molecular weight is 388 g/mol. The van der Waals surface area contributed by atoms with Crippen LogP contribution in [-0.4, -0.2) is 36.6 Å². The van der Waals surface area contributed by atoms with Gasteiger partial charge in [-0.25, -0.2) is 9.59 Å². The summed E-state index contributed by atoms with van der Waals surface area (Å²) >= 11 is 0. The van der Waals surface area contributed by atoms with Crippen LogP contribution in [0.15, 0.2) is 12.1 Å². The lowest BCUT2D eigenvalue weighted by atomic mass is 9.84. The Hall–Kier alpha value is -2.88. The maximum atomic E-state index is 12.8. The molecule has 7 nitrogen and oxygen atoms in total. The fraction of sp³-hybridized carbons (Fsp3) is 0.524. The normalized spacial score (nSPS) is 10.7. The summed E-state index contributed by atoms with van der Waals surface area (Å²) < 4.78 is 10.2. The summed E-state index contributed by atoms with van der Waals surface area (Å²) in [7, 11) is 0. The van der Waals surface area contributed by atoms with Gasteiger partial charge in [0.1, 0.15) is 0 Å². The van der Waals surface area contributed by atoms with Crippen molar-refractivity contribution in [1.29, 1.82) is 5.26 Å².